The average Bonchev–Trinajstić information content (AvgIpc) is 2.74. The van der Waals surface area contributed by atoms with Gasteiger partial charge in [-0.3, -0.25) is 14.9 Å². The van der Waals surface area contributed by atoms with Crippen molar-refractivity contribution < 1.29 is 14.5 Å². The van der Waals surface area contributed by atoms with Crippen LogP contribution in [-0.2, 0) is 4.79 Å². The first-order valence-corrected chi connectivity index (χ1v) is 8.82. The van der Waals surface area contributed by atoms with Crippen LogP contribution in [0.25, 0.3) is 0 Å². The van der Waals surface area contributed by atoms with E-state index < -0.39 is 16.9 Å². The topological polar surface area (TPSA) is 105 Å². The van der Waals surface area contributed by atoms with Crippen LogP contribution in [0.5, 0.6) is 5.75 Å². The molecule has 0 aliphatic rings. The first kappa shape index (κ1) is 19.9. The van der Waals surface area contributed by atoms with E-state index in [4.69, 9.17) is 21.6 Å². The SMILES string of the molecule is N#Cc1ccc(O[C@@H](C(=O)Nc2ccc([N+](=O)[O-])cc2Cl)c2ccccc2)cc1. The van der Waals surface area contributed by atoms with Crippen molar-refractivity contribution in [2.24, 2.45) is 0 Å². The third kappa shape index (κ3) is 4.89. The van der Waals surface area contributed by atoms with Crippen LogP contribution in [0.4, 0.5) is 11.4 Å². The van der Waals surface area contributed by atoms with E-state index in [1.807, 2.05) is 12.1 Å². The summed E-state index contributed by atoms with van der Waals surface area (Å²) < 4.78 is 5.86. The van der Waals surface area contributed by atoms with Gasteiger partial charge in [-0.25, -0.2) is 0 Å². The van der Waals surface area contributed by atoms with Gasteiger partial charge < -0.3 is 10.1 Å². The number of hydrogen-bond donors (Lipinski definition) is 1. The Morgan fingerprint density at radius 3 is 2.38 bits per heavy atom. The van der Waals surface area contributed by atoms with Gasteiger partial charge in [-0.05, 0) is 30.3 Å². The molecule has 3 aromatic rings. The zero-order valence-electron chi connectivity index (χ0n) is 14.9. The molecule has 0 saturated heterocycles. The van der Waals surface area contributed by atoms with E-state index in [1.54, 1.807) is 48.5 Å². The minimum absolute atomic E-state index is 0.0396. The molecular formula is C21H14ClN3O4. The summed E-state index contributed by atoms with van der Waals surface area (Å²) in [4.78, 5) is 23.2. The zero-order valence-corrected chi connectivity index (χ0v) is 15.7. The Morgan fingerprint density at radius 1 is 1.10 bits per heavy atom. The molecule has 0 bridgehead atoms. The van der Waals surface area contributed by atoms with E-state index in [-0.39, 0.29) is 16.4 Å². The van der Waals surface area contributed by atoms with Gasteiger partial charge in [-0.2, -0.15) is 5.26 Å². The van der Waals surface area contributed by atoms with Crippen molar-refractivity contribution in [3.63, 3.8) is 0 Å². The summed E-state index contributed by atoms with van der Waals surface area (Å²) in [7, 11) is 0. The van der Waals surface area contributed by atoms with Crippen molar-refractivity contribution in [2.45, 2.75) is 6.10 Å². The quantitative estimate of drug-likeness (QED) is 0.463. The summed E-state index contributed by atoms with van der Waals surface area (Å²) >= 11 is 6.07. The molecule has 0 saturated carbocycles. The minimum atomic E-state index is -1.00. The number of nitrogens with one attached hydrogen (secondary N) is 1. The van der Waals surface area contributed by atoms with Crippen molar-refractivity contribution in [1.82, 2.24) is 0 Å². The van der Waals surface area contributed by atoms with Crippen LogP contribution < -0.4 is 10.1 Å². The van der Waals surface area contributed by atoms with E-state index in [1.165, 1.54) is 12.1 Å². The maximum absolute atomic E-state index is 12.9. The molecule has 1 N–H and O–H groups in total. The van der Waals surface area contributed by atoms with Crippen LogP contribution in [0.3, 0.4) is 0 Å². The van der Waals surface area contributed by atoms with E-state index in [9.17, 15) is 14.9 Å². The second kappa shape index (κ2) is 8.87. The van der Waals surface area contributed by atoms with Crippen molar-refractivity contribution in [3.8, 4) is 11.8 Å². The summed E-state index contributed by atoms with van der Waals surface area (Å²) in [5.41, 5.74) is 1.12. The molecule has 3 aromatic carbocycles. The molecule has 0 radical (unpaired) electrons. The number of nitro groups is 1. The fourth-order valence-electron chi connectivity index (χ4n) is 2.56. The molecule has 7 nitrogen and oxygen atoms in total. The lowest BCUT2D eigenvalue weighted by molar-refractivity contribution is -0.384. The van der Waals surface area contributed by atoms with Gasteiger partial charge >= 0.3 is 0 Å². The van der Waals surface area contributed by atoms with Crippen molar-refractivity contribution in [3.05, 3.63) is 99.1 Å². The first-order chi connectivity index (χ1) is 14.0. The van der Waals surface area contributed by atoms with E-state index in [0.29, 0.717) is 16.9 Å². The lowest BCUT2D eigenvalue weighted by Crippen LogP contribution is -2.25. The fraction of sp³-hybridized carbons (Fsp3) is 0.0476. The van der Waals surface area contributed by atoms with Gasteiger partial charge in [0.25, 0.3) is 11.6 Å². The number of hydrogen-bond acceptors (Lipinski definition) is 5. The van der Waals surface area contributed by atoms with Gasteiger partial charge in [0.2, 0.25) is 6.10 Å². The first-order valence-electron chi connectivity index (χ1n) is 8.44. The standard InChI is InChI=1S/C21H14ClN3O4/c22-18-12-16(25(27)28)8-11-19(18)24-21(26)20(15-4-2-1-3-5-15)29-17-9-6-14(13-23)7-10-17/h1-12,20H,(H,24,26)/t20-/m1/s1. The summed E-state index contributed by atoms with van der Waals surface area (Å²) in [6.07, 6.45) is -1.00. The van der Waals surface area contributed by atoms with Crippen LogP contribution in [0, 0.1) is 21.4 Å². The average molecular weight is 408 g/mol. The molecule has 0 spiro atoms. The van der Waals surface area contributed by atoms with Crippen LogP contribution in [0.15, 0.2) is 72.8 Å². The summed E-state index contributed by atoms with van der Waals surface area (Å²) in [5.74, 6) is -0.0980. The van der Waals surface area contributed by atoms with Crippen molar-refractivity contribution in [1.29, 1.82) is 5.26 Å². The Kier molecular flexibility index (Phi) is 6.07. The van der Waals surface area contributed by atoms with Gasteiger partial charge in [-0.1, -0.05) is 41.9 Å². The predicted molar refractivity (Wildman–Crippen MR) is 108 cm³/mol. The Balaban J connectivity index is 1.86. The molecule has 0 aromatic heterocycles. The highest BCUT2D eigenvalue weighted by Crippen LogP contribution is 2.29. The third-order valence-electron chi connectivity index (χ3n) is 4.00. The Labute approximate surface area is 171 Å². The van der Waals surface area contributed by atoms with Crippen molar-refractivity contribution in [2.75, 3.05) is 5.32 Å². The van der Waals surface area contributed by atoms with E-state index in [0.717, 1.165) is 6.07 Å². The number of anilines is 1. The number of rotatable bonds is 6. The Hall–Kier alpha value is -3.89. The third-order valence-corrected chi connectivity index (χ3v) is 4.31. The van der Waals surface area contributed by atoms with Gasteiger partial charge in [0.1, 0.15) is 5.75 Å². The summed E-state index contributed by atoms with van der Waals surface area (Å²) in [6.45, 7) is 0. The molecule has 0 heterocycles. The van der Waals surface area contributed by atoms with Crippen LogP contribution >= 0.6 is 11.6 Å². The molecule has 0 fully saturated rings. The normalized spacial score (nSPS) is 11.2. The monoisotopic (exact) mass is 407 g/mol. The predicted octanol–water partition coefficient (Wildman–Crippen LogP) is 4.88. The number of non-ortho nitro benzene ring substituents is 1. The van der Waals surface area contributed by atoms with Gasteiger partial charge in [-0.15, -0.1) is 0 Å². The van der Waals surface area contributed by atoms with Crippen LogP contribution in [-0.4, -0.2) is 10.8 Å². The van der Waals surface area contributed by atoms with Crippen LogP contribution in [0.2, 0.25) is 5.02 Å². The molecular weight excluding hydrogens is 394 g/mol. The molecule has 0 aliphatic heterocycles. The number of nitriles is 1. The zero-order chi connectivity index (χ0) is 20.8. The van der Waals surface area contributed by atoms with E-state index >= 15 is 0 Å². The van der Waals surface area contributed by atoms with E-state index in [2.05, 4.69) is 5.32 Å². The minimum Gasteiger partial charge on any atom is -0.476 e. The lowest BCUT2D eigenvalue weighted by Gasteiger charge is -2.19. The number of halogens is 1. The molecule has 1 atom stereocenters. The highest BCUT2D eigenvalue weighted by molar-refractivity contribution is 6.34. The largest absolute Gasteiger partial charge is 0.476 e. The second-order valence-corrected chi connectivity index (χ2v) is 6.36. The Bertz CT molecular complexity index is 1080. The summed E-state index contributed by atoms with van der Waals surface area (Å²) in [6, 6.07) is 21.0. The second-order valence-electron chi connectivity index (χ2n) is 5.96. The van der Waals surface area contributed by atoms with Gasteiger partial charge in [0.05, 0.1) is 27.3 Å². The molecule has 0 unspecified atom stereocenters. The fourth-order valence-corrected chi connectivity index (χ4v) is 2.78. The lowest BCUT2D eigenvalue weighted by atomic mass is 10.1. The number of amides is 1. The highest BCUT2D eigenvalue weighted by Gasteiger charge is 2.24. The number of carbonyl (C=O) groups is 1. The molecule has 1 amide bonds. The molecule has 8 heteroatoms. The number of carbonyl (C=O) groups excluding carboxylic acids is 1. The van der Waals surface area contributed by atoms with Crippen molar-refractivity contribution >= 4 is 28.9 Å². The number of nitro benzene ring substituents is 1. The van der Waals surface area contributed by atoms with Gasteiger partial charge in [0.15, 0.2) is 0 Å². The maximum atomic E-state index is 12.9. The smallest absolute Gasteiger partial charge is 0.271 e. The molecule has 0 aliphatic carbocycles. The Morgan fingerprint density at radius 2 is 1.79 bits per heavy atom. The number of nitrogens with zero attached hydrogens (tertiary/aromatic N) is 2. The summed E-state index contributed by atoms with van der Waals surface area (Å²) in [5, 5.41) is 22.4. The number of ether oxygens (including phenoxy) is 1. The maximum Gasteiger partial charge on any atom is 0.271 e. The molecule has 144 valence electrons. The number of benzene rings is 3. The van der Waals surface area contributed by atoms with Crippen LogP contribution in [0.1, 0.15) is 17.2 Å². The highest BCUT2D eigenvalue weighted by atomic mass is 35.5. The van der Waals surface area contributed by atoms with Gasteiger partial charge in [0, 0.05) is 17.7 Å². The molecule has 29 heavy (non-hydrogen) atoms. The molecule has 3 rings (SSSR count).